The lowest BCUT2D eigenvalue weighted by Crippen LogP contribution is -2.29. The summed E-state index contributed by atoms with van der Waals surface area (Å²) in [5.41, 5.74) is 7.30. The Balaban J connectivity index is 2.02. The highest BCUT2D eigenvalue weighted by molar-refractivity contribution is 5.92. The van der Waals surface area contributed by atoms with Crippen LogP contribution in [0.5, 0.6) is 0 Å². The van der Waals surface area contributed by atoms with E-state index in [1.165, 1.54) is 6.39 Å². The summed E-state index contributed by atoms with van der Waals surface area (Å²) in [6.07, 6.45) is 4.79. The van der Waals surface area contributed by atoms with Crippen molar-refractivity contribution in [2.24, 2.45) is 11.7 Å². The molecule has 5 heteroatoms. The Labute approximate surface area is 118 Å². The number of benzene rings is 1. The van der Waals surface area contributed by atoms with Crippen molar-refractivity contribution in [3.63, 3.8) is 0 Å². The Bertz CT molecular complexity index is 535. The van der Waals surface area contributed by atoms with E-state index in [-0.39, 0.29) is 11.8 Å². The van der Waals surface area contributed by atoms with Crippen molar-refractivity contribution < 1.29 is 9.21 Å². The number of carbonyl (C=O) groups excluding carboxylic acids is 1. The molecule has 2 rings (SSSR count). The highest BCUT2D eigenvalue weighted by Gasteiger charge is 2.15. The Morgan fingerprint density at radius 2 is 2.15 bits per heavy atom. The van der Waals surface area contributed by atoms with Crippen molar-refractivity contribution in [3.05, 3.63) is 36.9 Å². The number of amides is 1. The van der Waals surface area contributed by atoms with Gasteiger partial charge in [-0.3, -0.25) is 4.79 Å². The number of anilines is 1. The SMILES string of the molecule is CCCC(CN)C(=O)Nc1ccc(-c2cnco2)cc1. The van der Waals surface area contributed by atoms with Crippen LogP contribution in [-0.4, -0.2) is 17.4 Å². The van der Waals surface area contributed by atoms with Crippen molar-refractivity contribution in [2.75, 3.05) is 11.9 Å². The smallest absolute Gasteiger partial charge is 0.228 e. The molecule has 5 nitrogen and oxygen atoms in total. The third kappa shape index (κ3) is 3.45. The van der Waals surface area contributed by atoms with Crippen molar-refractivity contribution in [1.82, 2.24) is 4.98 Å². The summed E-state index contributed by atoms with van der Waals surface area (Å²) in [7, 11) is 0. The Morgan fingerprint density at radius 1 is 1.40 bits per heavy atom. The zero-order valence-corrected chi connectivity index (χ0v) is 11.5. The van der Waals surface area contributed by atoms with E-state index in [0.717, 1.165) is 24.1 Å². The van der Waals surface area contributed by atoms with E-state index in [2.05, 4.69) is 10.3 Å². The summed E-state index contributed by atoms with van der Waals surface area (Å²) >= 11 is 0. The monoisotopic (exact) mass is 273 g/mol. The number of oxazole rings is 1. The molecule has 0 radical (unpaired) electrons. The van der Waals surface area contributed by atoms with Gasteiger partial charge in [-0.2, -0.15) is 0 Å². The number of nitrogens with one attached hydrogen (secondary N) is 1. The van der Waals surface area contributed by atoms with E-state index in [1.807, 2.05) is 31.2 Å². The van der Waals surface area contributed by atoms with Gasteiger partial charge in [-0.15, -0.1) is 0 Å². The molecule has 0 saturated heterocycles. The third-order valence-corrected chi connectivity index (χ3v) is 3.16. The largest absolute Gasteiger partial charge is 0.444 e. The van der Waals surface area contributed by atoms with Gasteiger partial charge in [0.05, 0.1) is 12.1 Å². The number of hydrogen-bond acceptors (Lipinski definition) is 4. The highest BCUT2D eigenvalue weighted by Crippen LogP contribution is 2.21. The Hall–Kier alpha value is -2.14. The molecule has 106 valence electrons. The minimum absolute atomic E-state index is 0.0261. The van der Waals surface area contributed by atoms with Crippen molar-refractivity contribution >= 4 is 11.6 Å². The standard InChI is InChI=1S/C15H19N3O2/c1-2-3-12(8-16)15(19)18-13-6-4-11(5-7-13)14-9-17-10-20-14/h4-7,9-10,12H,2-3,8,16H2,1H3,(H,18,19). The number of aromatic nitrogens is 1. The molecule has 0 aliphatic carbocycles. The van der Waals surface area contributed by atoms with Crippen LogP contribution in [0.2, 0.25) is 0 Å². The normalized spacial score (nSPS) is 12.1. The fourth-order valence-corrected chi connectivity index (χ4v) is 2.02. The minimum Gasteiger partial charge on any atom is -0.444 e. The van der Waals surface area contributed by atoms with Crippen molar-refractivity contribution in [3.8, 4) is 11.3 Å². The van der Waals surface area contributed by atoms with E-state index in [9.17, 15) is 4.79 Å². The van der Waals surface area contributed by atoms with Gasteiger partial charge in [-0.25, -0.2) is 4.98 Å². The van der Waals surface area contributed by atoms with E-state index in [4.69, 9.17) is 10.2 Å². The zero-order valence-electron chi connectivity index (χ0n) is 11.5. The van der Waals surface area contributed by atoms with Gasteiger partial charge in [0.25, 0.3) is 0 Å². The first-order chi connectivity index (χ1) is 9.74. The molecule has 1 atom stereocenters. The summed E-state index contributed by atoms with van der Waals surface area (Å²) in [4.78, 5) is 15.9. The molecule has 1 heterocycles. The van der Waals surface area contributed by atoms with Gasteiger partial charge in [0, 0.05) is 17.8 Å². The summed E-state index contributed by atoms with van der Waals surface area (Å²) in [5.74, 6) is 0.546. The average molecular weight is 273 g/mol. The fraction of sp³-hybridized carbons (Fsp3) is 0.333. The van der Waals surface area contributed by atoms with Crippen LogP contribution in [0, 0.1) is 5.92 Å². The van der Waals surface area contributed by atoms with Gasteiger partial charge >= 0.3 is 0 Å². The molecule has 0 fully saturated rings. The summed E-state index contributed by atoms with van der Waals surface area (Å²) < 4.78 is 5.21. The second kappa shape index (κ2) is 6.86. The lowest BCUT2D eigenvalue weighted by Gasteiger charge is -2.14. The second-order valence-corrected chi connectivity index (χ2v) is 4.65. The highest BCUT2D eigenvalue weighted by atomic mass is 16.3. The molecule has 1 aromatic heterocycles. The molecule has 1 aromatic carbocycles. The molecule has 0 spiro atoms. The lowest BCUT2D eigenvalue weighted by molar-refractivity contribution is -0.119. The summed E-state index contributed by atoms with van der Waals surface area (Å²) in [5, 5.41) is 2.89. The molecule has 0 bridgehead atoms. The number of carbonyl (C=O) groups is 1. The van der Waals surface area contributed by atoms with Crippen LogP contribution in [0.3, 0.4) is 0 Å². The quantitative estimate of drug-likeness (QED) is 0.847. The molecule has 2 aromatic rings. The van der Waals surface area contributed by atoms with Crippen LogP contribution < -0.4 is 11.1 Å². The van der Waals surface area contributed by atoms with Crippen LogP contribution >= 0.6 is 0 Å². The summed E-state index contributed by atoms with van der Waals surface area (Å²) in [6.45, 7) is 2.41. The molecule has 0 saturated carbocycles. The molecule has 0 aliphatic heterocycles. The first-order valence-electron chi connectivity index (χ1n) is 6.74. The Kier molecular flexibility index (Phi) is 4.90. The maximum atomic E-state index is 12.0. The topological polar surface area (TPSA) is 81.2 Å². The van der Waals surface area contributed by atoms with Crippen LogP contribution in [0.1, 0.15) is 19.8 Å². The van der Waals surface area contributed by atoms with Crippen LogP contribution in [0.15, 0.2) is 41.3 Å². The van der Waals surface area contributed by atoms with Gasteiger partial charge in [0.2, 0.25) is 5.91 Å². The molecule has 20 heavy (non-hydrogen) atoms. The first-order valence-corrected chi connectivity index (χ1v) is 6.74. The predicted octanol–water partition coefficient (Wildman–Crippen LogP) is 2.66. The maximum Gasteiger partial charge on any atom is 0.228 e. The lowest BCUT2D eigenvalue weighted by atomic mass is 10.0. The van der Waals surface area contributed by atoms with Crippen molar-refractivity contribution in [1.29, 1.82) is 0 Å². The van der Waals surface area contributed by atoms with Gasteiger partial charge in [-0.1, -0.05) is 13.3 Å². The third-order valence-electron chi connectivity index (χ3n) is 3.16. The number of hydrogen-bond donors (Lipinski definition) is 2. The van der Waals surface area contributed by atoms with Gasteiger partial charge in [0.15, 0.2) is 12.2 Å². The summed E-state index contributed by atoms with van der Waals surface area (Å²) in [6, 6.07) is 7.45. The van der Waals surface area contributed by atoms with E-state index >= 15 is 0 Å². The number of nitrogens with two attached hydrogens (primary N) is 1. The maximum absolute atomic E-state index is 12.0. The Morgan fingerprint density at radius 3 is 2.70 bits per heavy atom. The first kappa shape index (κ1) is 14.3. The molecule has 1 unspecified atom stereocenters. The number of nitrogens with zero attached hydrogens (tertiary/aromatic N) is 1. The van der Waals surface area contributed by atoms with E-state index in [0.29, 0.717) is 12.3 Å². The van der Waals surface area contributed by atoms with Crippen LogP contribution in [0.25, 0.3) is 11.3 Å². The van der Waals surface area contributed by atoms with Crippen LogP contribution in [0.4, 0.5) is 5.69 Å². The van der Waals surface area contributed by atoms with Gasteiger partial charge in [-0.05, 0) is 30.7 Å². The fourth-order valence-electron chi connectivity index (χ4n) is 2.02. The average Bonchev–Trinajstić information content (AvgIpc) is 2.99. The second-order valence-electron chi connectivity index (χ2n) is 4.65. The minimum atomic E-state index is -0.131. The van der Waals surface area contributed by atoms with Gasteiger partial charge < -0.3 is 15.5 Å². The molecule has 3 N–H and O–H groups in total. The zero-order chi connectivity index (χ0) is 14.4. The van der Waals surface area contributed by atoms with Gasteiger partial charge in [0.1, 0.15) is 0 Å². The molecular weight excluding hydrogens is 254 g/mol. The van der Waals surface area contributed by atoms with E-state index in [1.54, 1.807) is 6.20 Å². The molecular formula is C15H19N3O2. The van der Waals surface area contributed by atoms with Crippen molar-refractivity contribution in [2.45, 2.75) is 19.8 Å². The molecule has 0 aliphatic rings. The van der Waals surface area contributed by atoms with E-state index < -0.39 is 0 Å². The predicted molar refractivity (Wildman–Crippen MR) is 78.0 cm³/mol. The van der Waals surface area contributed by atoms with Crippen LogP contribution in [-0.2, 0) is 4.79 Å². The number of rotatable bonds is 6. The molecule has 1 amide bonds.